The van der Waals surface area contributed by atoms with Crippen molar-refractivity contribution in [3.8, 4) is 6.07 Å². The number of carbonyl (C=O) groups excluding carboxylic acids is 1. The van der Waals surface area contributed by atoms with Crippen molar-refractivity contribution in [3.05, 3.63) is 46.9 Å². The molecule has 20 heavy (non-hydrogen) atoms. The summed E-state index contributed by atoms with van der Waals surface area (Å²) < 4.78 is 10.9. The van der Waals surface area contributed by atoms with Gasteiger partial charge in [0.1, 0.15) is 23.2 Å². The molecule has 1 aliphatic carbocycles. The third-order valence-corrected chi connectivity index (χ3v) is 3.69. The molecule has 2 atom stereocenters. The summed E-state index contributed by atoms with van der Waals surface area (Å²) in [5.41, 5.74) is 6.59. The van der Waals surface area contributed by atoms with E-state index in [2.05, 4.69) is 0 Å². The second-order valence-corrected chi connectivity index (χ2v) is 5.21. The molecule has 0 bridgehead atoms. The van der Waals surface area contributed by atoms with E-state index in [1.165, 1.54) is 6.26 Å². The number of ketones is 1. The van der Waals surface area contributed by atoms with E-state index in [1.54, 1.807) is 12.1 Å². The van der Waals surface area contributed by atoms with Gasteiger partial charge >= 0.3 is 0 Å². The Balaban J connectivity index is 2.16. The minimum atomic E-state index is -0.543. The maximum Gasteiger partial charge on any atom is 0.205 e. The average molecular weight is 270 g/mol. The van der Waals surface area contributed by atoms with Crippen molar-refractivity contribution < 1.29 is 13.9 Å². The Bertz CT molecular complexity index is 662. The second-order valence-electron chi connectivity index (χ2n) is 5.21. The van der Waals surface area contributed by atoms with Gasteiger partial charge < -0.3 is 14.9 Å². The minimum Gasteiger partial charge on any atom is -0.468 e. The Kier molecular flexibility index (Phi) is 2.87. The standard InChI is InChI=1S/C15H14N2O3/c1-8-5-10(18)14-12(6-8)20-15(17)9(7-16)13(14)11-3-2-4-19-11/h2-4,8,13H,5-6,17H2,1H3/t8-,13-/m1/s1. The molecule has 2 heterocycles. The summed E-state index contributed by atoms with van der Waals surface area (Å²) in [6.45, 7) is 1.99. The summed E-state index contributed by atoms with van der Waals surface area (Å²) in [6.07, 6.45) is 2.63. The van der Waals surface area contributed by atoms with Gasteiger partial charge in [-0.25, -0.2) is 0 Å². The minimum absolute atomic E-state index is 0.000370. The van der Waals surface area contributed by atoms with Crippen LogP contribution in [0.5, 0.6) is 0 Å². The molecule has 1 aromatic rings. The zero-order valence-corrected chi connectivity index (χ0v) is 11.1. The van der Waals surface area contributed by atoms with Crippen LogP contribution in [0.4, 0.5) is 0 Å². The zero-order chi connectivity index (χ0) is 14.3. The molecule has 5 heteroatoms. The number of rotatable bonds is 1. The molecule has 0 saturated heterocycles. The summed E-state index contributed by atoms with van der Waals surface area (Å²) in [7, 11) is 0. The Morgan fingerprint density at radius 3 is 2.90 bits per heavy atom. The molecule has 0 amide bonds. The van der Waals surface area contributed by atoms with Crippen molar-refractivity contribution in [2.24, 2.45) is 11.7 Å². The number of Topliss-reactive ketones (excluding diaryl/α,β-unsaturated/α-hetero) is 1. The molecule has 0 saturated carbocycles. The van der Waals surface area contributed by atoms with E-state index in [-0.39, 0.29) is 23.2 Å². The molecule has 0 fully saturated rings. The molecule has 0 radical (unpaired) electrons. The predicted molar refractivity (Wildman–Crippen MR) is 69.8 cm³/mol. The van der Waals surface area contributed by atoms with Gasteiger partial charge in [0.15, 0.2) is 5.78 Å². The number of nitrogens with zero attached hydrogens (tertiary/aromatic N) is 1. The molecular weight excluding hydrogens is 256 g/mol. The van der Waals surface area contributed by atoms with Gasteiger partial charge in [-0.05, 0) is 18.1 Å². The SMILES string of the molecule is C[C@@H]1CC(=O)C2=C(C1)OC(N)=C(C#N)[C@@H]2c1ccco1. The molecule has 5 nitrogen and oxygen atoms in total. The summed E-state index contributed by atoms with van der Waals surface area (Å²) in [5, 5.41) is 9.32. The number of furan rings is 1. The molecule has 0 aromatic carbocycles. The van der Waals surface area contributed by atoms with Crippen molar-refractivity contribution in [1.82, 2.24) is 0 Å². The number of hydrogen-bond acceptors (Lipinski definition) is 5. The second kappa shape index (κ2) is 4.57. The molecule has 1 aromatic heterocycles. The van der Waals surface area contributed by atoms with Gasteiger partial charge in [-0.3, -0.25) is 4.79 Å². The van der Waals surface area contributed by atoms with E-state index in [1.807, 2.05) is 13.0 Å². The van der Waals surface area contributed by atoms with Crippen LogP contribution in [0.3, 0.4) is 0 Å². The normalized spacial score (nSPS) is 26.1. The number of nitriles is 1. The monoisotopic (exact) mass is 270 g/mol. The topological polar surface area (TPSA) is 89.2 Å². The van der Waals surface area contributed by atoms with Gasteiger partial charge in [0.25, 0.3) is 0 Å². The summed E-state index contributed by atoms with van der Waals surface area (Å²) in [6, 6.07) is 5.51. The van der Waals surface area contributed by atoms with Crippen molar-refractivity contribution in [2.75, 3.05) is 0 Å². The first-order chi connectivity index (χ1) is 9.61. The van der Waals surface area contributed by atoms with Gasteiger partial charge in [0.05, 0.1) is 12.2 Å². The molecule has 2 N–H and O–H groups in total. The van der Waals surface area contributed by atoms with E-state index in [0.717, 1.165) is 0 Å². The lowest BCUT2D eigenvalue weighted by molar-refractivity contribution is -0.117. The highest BCUT2D eigenvalue weighted by molar-refractivity contribution is 5.99. The number of allylic oxidation sites excluding steroid dienone is 3. The van der Waals surface area contributed by atoms with Crippen LogP contribution in [0.1, 0.15) is 31.4 Å². The molecule has 0 spiro atoms. The van der Waals surface area contributed by atoms with E-state index < -0.39 is 5.92 Å². The van der Waals surface area contributed by atoms with Gasteiger partial charge in [0, 0.05) is 18.4 Å². The summed E-state index contributed by atoms with van der Waals surface area (Å²) in [4.78, 5) is 12.4. The lowest BCUT2D eigenvalue weighted by Crippen LogP contribution is -2.29. The zero-order valence-electron chi connectivity index (χ0n) is 11.1. The highest BCUT2D eigenvalue weighted by Crippen LogP contribution is 2.44. The van der Waals surface area contributed by atoms with E-state index in [4.69, 9.17) is 14.9 Å². The van der Waals surface area contributed by atoms with Crippen molar-refractivity contribution in [1.29, 1.82) is 5.26 Å². The average Bonchev–Trinajstić information content (AvgIpc) is 2.90. The summed E-state index contributed by atoms with van der Waals surface area (Å²) >= 11 is 0. The van der Waals surface area contributed by atoms with Crippen LogP contribution in [-0.4, -0.2) is 5.78 Å². The van der Waals surface area contributed by atoms with Crippen LogP contribution in [0.2, 0.25) is 0 Å². The molecule has 0 unspecified atom stereocenters. The fourth-order valence-corrected chi connectivity index (χ4v) is 2.83. The molecule has 2 aliphatic rings. The van der Waals surface area contributed by atoms with Gasteiger partial charge in [-0.15, -0.1) is 0 Å². The van der Waals surface area contributed by atoms with E-state index >= 15 is 0 Å². The van der Waals surface area contributed by atoms with Crippen molar-refractivity contribution in [3.63, 3.8) is 0 Å². The Labute approximate surface area is 116 Å². The predicted octanol–water partition coefficient (Wildman–Crippen LogP) is 2.34. The number of hydrogen-bond donors (Lipinski definition) is 1. The van der Waals surface area contributed by atoms with Crippen LogP contribution < -0.4 is 5.73 Å². The van der Waals surface area contributed by atoms with Crippen LogP contribution in [0.15, 0.2) is 45.6 Å². The van der Waals surface area contributed by atoms with Crippen molar-refractivity contribution in [2.45, 2.75) is 25.7 Å². The van der Waals surface area contributed by atoms with Gasteiger partial charge in [-0.2, -0.15) is 5.26 Å². The number of ether oxygens (including phenoxy) is 1. The molecule has 3 rings (SSSR count). The quantitative estimate of drug-likeness (QED) is 0.846. The lowest BCUT2D eigenvalue weighted by Gasteiger charge is -2.31. The van der Waals surface area contributed by atoms with E-state index in [0.29, 0.717) is 29.9 Å². The first-order valence-electron chi connectivity index (χ1n) is 6.49. The van der Waals surface area contributed by atoms with Gasteiger partial charge in [-0.1, -0.05) is 6.92 Å². The smallest absolute Gasteiger partial charge is 0.205 e. The Morgan fingerprint density at radius 1 is 1.45 bits per heavy atom. The van der Waals surface area contributed by atoms with Crippen LogP contribution in [0, 0.1) is 17.2 Å². The molecular formula is C15H14N2O3. The fraction of sp³-hybridized carbons (Fsp3) is 0.333. The van der Waals surface area contributed by atoms with E-state index in [9.17, 15) is 10.1 Å². The van der Waals surface area contributed by atoms with Crippen LogP contribution in [-0.2, 0) is 9.53 Å². The highest BCUT2D eigenvalue weighted by Gasteiger charge is 2.40. The first-order valence-corrected chi connectivity index (χ1v) is 6.49. The first kappa shape index (κ1) is 12.5. The molecule has 102 valence electrons. The lowest BCUT2D eigenvalue weighted by atomic mass is 9.77. The van der Waals surface area contributed by atoms with Gasteiger partial charge in [0.2, 0.25) is 5.88 Å². The third-order valence-electron chi connectivity index (χ3n) is 3.69. The Morgan fingerprint density at radius 2 is 2.25 bits per heavy atom. The number of nitrogens with two attached hydrogens (primary N) is 1. The Hall–Kier alpha value is -2.48. The maximum absolute atomic E-state index is 12.4. The van der Waals surface area contributed by atoms with Crippen LogP contribution >= 0.6 is 0 Å². The highest BCUT2D eigenvalue weighted by atomic mass is 16.5. The van der Waals surface area contributed by atoms with Crippen LogP contribution in [0.25, 0.3) is 0 Å². The summed E-state index contributed by atoms with van der Waals surface area (Å²) in [5.74, 6) is 0.860. The number of carbonyl (C=O) groups is 1. The third kappa shape index (κ3) is 1.81. The van der Waals surface area contributed by atoms with Crippen molar-refractivity contribution >= 4 is 5.78 Å². The molecule has 1 aliphatic heterocycles. The largest absolute Gasteiger partial charge is 0.468 e. The maximum atomic E-state index is 12.4. The fourth-order valence-electron chi connectivity index (χ4n) is 2.83.